The lowest BCUT2D eigenvalue weighted by molar-refractivity contribution is -0.155. The Bertz CT molecular complexity index is 503. The van der Waals surface area contributed by atoms with Gasteiger partial charge in [0.15, 0.2) is 0 Å². The van der Waals surface area contributed by atoms with Crippen LogP contribution in [0.3, 0.4) is 0 Å². The summed E-state index contributed by atoms with van der Waals surface area (Å²) in [6.45, 7) is 0.737. The molecule has 1 aliphatic carbocycles. The number of carbonyl (C=O) groups is 1. The summed E-state index contributed by atoms with van der Waals surface area (Å²) in [6, 6.07) is 8.04. The first-order valence-electron chi connectivity index (χ1n) is 7.79. The molecule has 0 amide bonds. The monoisotopic (exact) mass is 289 g/mol. The number of esters is 1. The van der Waals surface area contributed by atoms with E-state index in [4.69, 9.17) is 9.47 Å². The van der Waals surface area contributed by atoms with Crippen LogP contribution in [0, 0.1) is 0 Å². The first kappa shape index (κ1) is 14.5. The van der Waals surface area contributed by atoms with Gasteiger partial charge in [-0.1, -0.05) is 24.3 Å². The lowest BCUT2D eigenvalue weighted by Gasteiger charge is -2.30. The van der Waals surface area contributed by atoms with Gasteiger partial charge >= 0.3 is 5.97 Å². The van der Waals surface area contributed by atoms with Gasteiger partial charge in [-0.3, -0.25) is 4.79 Å². The second-order valence-electron chi connectivity index (χ2n) is 5.99. The molecule has 3 atom stereocenters. The van der Waals surface area contributed by atoms with Crippen LogP contribution in [0.15, 0.2) is 24.3 Å². The molecule has 1 aliphatic heterocycles. The Hall–Kier alpha value is -1.39. The second kappa shape index (κ2) is 6.58. The molecule has 0 radical (unpaired) electrons. The molecule has 2 unspecified atom stereocenters. The number of benzene rings is 1. The summed E-state index contributed by atoms with van der Waals surface area (Å²) < 4.78 is 11.1. The highest BCUT2D eigenvalue weighted by atomic mass is 16.5. The molecule has 4 heteroatoms. The van der Waals surface area contributed by atoms with E-state index in [0.717, 1.165) is 38.6 Å². The minimum absolute atomic E-state index is 0.00942. The van der Waals surface area contributed by atoms with Crippen molar-refractivity contribution >= 4 is 5.97 Å². The van der Waals surface area contributed by atoms with Gasteiger partial charge < -0.3 is 14.8 Å². The van der Waals surface area contributed by atoms with Crippen LogP contribution in [0.25, 0.3) is 0 Å². The summed E-state index contributed by atoms with van der Waals surface area (Å²) in [5.41, 5.74) is 2.52. The maximum Gasteiger partial charge on any atom is 0.323 e. The summed E-state index contributed by atoms with van der Waals surface area (Å²) in [5.74, 6) is -0.119. The van der Waals surface area contributed by atoms with Crippen molar-refractivity contribution in [1.82, 2.24) is 5.32 Å². The SMILES string of the molecule is COC1CCCC(OC(=O)[C@H]2Cc3ccccc3CN2)C1. The van der Waals surface area contributed by atoms with Crippen LogP contribution >= 0.6 is 0 Å². The van der Waals surface area contributed by atoms with Crippen LogP contribution in [0.4, 0.5) is 0 Å². The number of nitrogens with one attached hydrogen (secondary N) is 1. The number of rotatable bonds is 3. The second-order valence-corrected chi connectivity index (χ2v) is 5.99. The van der Waals surface area contributed by atoms with E-state index in [9.17, 15) is 4.79 Å². The van der Waals surface area contributed by atoms with Crippen LogP contribution in [0.5, 0.6) is 0 Å². The molecule has 21 heavy (non-hydrogen) atoms. The summed E-state index contributed by atoms with van der Waals surface area (Å²) in [5, 5.41) is 3.28. The Morgan fingerprint density at radius 2 is 1.95 bits per heavy atom. The van der Waals surface area contributed by atoms with E-state index in [1.54, 1.807) is 7.11 Å². The minimum Gasteiger partial charge on any atom is -0.461 e. The van der Waals surface area contributed by atoms with E-state index in [0.29, 0.717) is 0 Å². The zero-order valence-electron chi connectivity index (χ0n) is 12.5. The quantitative estimate of drug-likeness (QED) is 0.867. The molecule has 4 nitrogen and oxygen atoms in total. The average Bonchev–Trinajstić information content (AvgIpc) is 2.54. The molecule has 0 spiro atoms. The molecule has 1 aromatic carbocycles. The van der Waals surface area contributed by atoms with E-state index in [2.05, 4.69) is 17.4 Å². The van der Waals surface area contributed by atoms with Crippen LogP contribution in [0.1, 0.15) is 36.8 Å². The highest BCUT2D eigenvalue weighted by Gasteiger charge is 2.30. The molecular formula is C17H23NO3. The Morgan fingerprint density at radius 1 is 1.19 bits per heavy atom. The smallest absolute Gasteiger partial charge is 0.323 e. The van der Waals surface area contributed by atoms with Crippen LogP contribution < -0.4 is 5.32 Å². The zero-order chi connectivity index (χ0) is 14.7. The molecule has 3 rings (SSSR count). The lowest BCUT2D eigenvalue weighted by Crippen LogP contribution is -2.44. The zero-order valence-corrected chi connectivity index (χ0v) is 12.5. The third-order valence-corrected chi connectivity index (χ3v) is 4.56. The molecule has 1 saturated carbocycles. The molecule has 2 aliphatic rings. The fourth-order valence-electron chi connectivity index (χ4n) is 3.29. The minimum atomic E-state index is -0.220. The number of ether oxygens (including phenoxy) is 2. The van der Waals surface area contributed by atoms with Gasteiger partial charge in [-0.05, 0) is 36.8 Å². The normalized spacial score (nSPS) is 28.7. The Kier molecular flexibility index (Phi) is 4.56. The molecular weight excluding hydrogens is 266 g/mol. The van der Waals surface area contributed by atoms with Crippen molar-refractivity contribution in [3.63, 3.8) is 0 Å². The molecule has 0 saturated heterocycles. The number of methoxy groups -OCH3 is 1. The van der Waals surface area contributed by atoms with Gasteiger partial charge in [-0.2, -0.15) is 0 Å². The Balaban J connectivity index is 1.57. The molecule has 1 fully saturated rings. The number of hydrogen-bond acceptors (Lipinski definition) is 4. The molecule has 1 N–H and O–H groups in total. The van der Waals surface area contributed by atoms with Gasteiger partial charge in [0.1, 0.15) is 12.1 Å². The van der Waals surface area contributed by atoms with Crippen molar-refractivity contribution < 1.29 is 14.3 Å². The Labute approximate surface area is 125 Å². The number of carbonyl (C=O) groups excluding carboxylic acids is 1. The van der Waals surface area contributed by atoms with E-state index in [1.165, 1.54) is 11.1 Å². The van der Waals surface area contributed by atoms with Crippen molar-refractivity contribution in [3.05, 3.63) is 35.4 Å². The maximum atomic E-state index is 12.3. The first-order chi connectivity index (χ1) is 10.3. The Morgan fingerprint density at radius 3 is 2.76 bits per heavy atom. The fourth-order valence-corrected chi connectivity index (χ4v) is 3.29. The van der Waals surface area contributed by atoms with Crippen molar-refractivity contribution in [1.29, 1.82) is 0 Å². The highest BCUT2D eigenvalue weighted by Crippen LogP contribution is 2.24. The van der Waals surface area contributed by atoms with E-state index >= 15 is 0 Å². The van der Waals surface area contributed by atoms with Gasteiger partial charge in [0.2, 0.25) is 0 Å². The predicted octanol–water partition coefficient (Wildman–Crippen LogP) is 2.20. The van der Waals surface area contributed by atoms with Gasteiger partial charge in [0, 0.05) is 20.1 Å². The van der Waals surface area contributed by atoms with Crippen molar-refractivity contribution in [3.8, 4) is 0 Å². The summed E-state index contributed by atoms with van der Waals surface area (Å²) in [6.07, 6.45) is 4.87. The molecule has 0 aromatic heterocycles. The predicted molar refractivity (Wildman–Crippen MR) is 79.9 cm³/mol. The summed E-state index contributed by atoms with van der Waals surface area (Å²) in [7, 11) is 1.73. The molecule has 0 bridgehead atoms. The van der Waals surface area contributed by atoms with Crippen molar-refractivity contribution in [2.24, 2.45) is 0 Å². The third-order valence-electron chi connectivity index (χ3n) is 4.56. The van der Waals surface area contributed by atoms with Crippen molar-refractivity contribution in [2.45, 2.75) is 56.9 Å². The maximum absolute atomic E-state index is 12.3. The molecule has 1 heterocycles. The van der Waals surface area contributed by atoms with E-state index in [1.807, 2.05) is 12.1 Å². The van der Waals surface area contributed by atoms with Crippen molar-refractivity contribution in [2.75, 3.05) is 7.11 Å². The molecule has 114 valence electrons. The topological polar surface area (TPSA) is 47.6 Å². The van der Waals surface area contributed by atoms with E-state index < -0.39 is 0 Å². The average molecular weight is 289 g/mol. The number of fused-ring (bicyclic) bond motifs is 1. The van der Waals surface area contributed by atoms with Gasteiger partial charge in [0.05, 0.1) is 6.10 Å². The fraction of sp³-hybridized carbons (Fsp3) is 0.588. The number of hydrogen-bond donors (Lipinski definition) is 1. The summed E-state index contributed by atoms with van der Waals surface area (Å²) in [4.78, 5) is 12.3. The van der Waals surface area contributed by atoms with Gasteiger partial charge in [-0.15, -0.1) is 0 Å². The standard InChI is InChI=1S/C17H23NO3/c1-20-14-7-4-8-15(10-14)21-17(19)16-9-12-5-2-3-6-13(12)11-18-16/h2-3,5-6,14-16,18H,4,7-11H2,1H3/t14?,15?,16-/m1/s1. The summed E-state index contributed by atoms with van der Waals surface area (Å²) >= 11 is 0. The van der Waals surface area contributed by atoms with Gasteiger partial charge in [-0.25, -0.2) is 0 Å². The largest absolute Gasteiger partial charge is 0.461 e. The van der Waals surface area contributed by atoms with Gasteiger partial charge in [0.25, 0.3) is 0 Å². The first-order valence-corrected chi connectivity index (χ1v) is 7.79. The van der Waals surface area contributed by atoms with Crippen LogP contribution in [-0.2, 0) is 27.2 Å². The molecule has 1 aromatic rings. The third kappa shape index (κ3) is 3.44. The highest BCUT2D eigenvalue weighted by molar-refractivity contribution is 5.77. The van der Waals surface area contributed by atoms with Crippen LogP contribution in [-0.4, -0.2) is 31.3 Å². The lowest BCUT2D eigenvalue weighted by atomic mass is 9.94. The van der Waals surface area contributed by atoms with E-state index in [-0.39, 0.29) is 24.2 Å². The van der Waals surface area contributed by atoms with Crippen LogP contribution in [0.2, 0.25) is 0 Å².